The molecule has 3 rings (SSSR count). The number of ether oxygens (including phenoxy) is 1. The zero-order valence-electron chi connectivity index (χ0n) is 19.8. The zero-order chi connectivity index (χ0) is 23.6. The van der Waals surface area contributed by atoms with E-state index in [4.69, 9.17) is 4.74 Å². The summed E-state index contributed by atoms with van der Waals surface area (Å²) < 4.78 is 5.97. The Bertz CT molecular complexity index is 1070. The summed E-state index contributed by atoms with van der Waals surface area (Å²) in [4.78, 5) is 28.0. The number of nitrogens with one attached hydrogen (secondary N) is 1. The lowest BCUT2D eigenvalue weighted by Gasteiger charge is -2.30. The van der Waals surface area contributed by atoms with Gasteiger partial charge < -0.3 is 15.0 Å². The molecule has 5 nitrogen and oxygen atoms in total. The number of aryl methyl sites for hydroxylation is 1. The third kappa shape index (κ3) is 6.58. The van der Waals surface area contributed by atoms with Crippen LogP contribution in [0.2, 0.25) is 0 Å². The number of unbranched alkanes of at least 4 members (excludes halogenated alkanes) is 1. The van der Waals surface area contributed by atoms with Crippen LogP contribution in [0, 0.1) is 6.92 Å². The lowest BCUT2D eigenvalue weighted by atomic mass is 10.1. The molecule has 0 fully saturated rings. The lowest BCUT2D eigenvalue weighted by Crippen LogP contribution is -2.50. The van der Waals surface area contributed by atoms with Crippen LogP contribution in [-0.4, -0.2) is 35.9 Å². The summed E-state index contributed by atoms with van der Waals surface area (Å²) in [7, 11) is 0. The molecule has 0 heterocycles. The Morgan fingerprint density at radius 1 is 1.00 bits per heavy atom. The number of amides is 2. The first-order valence-electron chi connectivity index (χ1n) is 11.8. The normalized spacial score (nSPS) is 11.7. The smallest absolute Gasteiger partial charge is 0.261 e. The Labute approximate surface area is 196 Å². The maximum atomic E-state index is 13.4. The summed E-state index contributed by atoms with van der Waals surface area (Å²) in [6.07, 6.45) is 2.45. The zero-order valence-corrected chi connectivity index (χ0v) is 19.8. The number of nitrogens with zero attached hydrogens (tertiary/aromatic N) is 1. The molecule has 1 atom stereocenters. The van der Waals surface area contributed by atoms with Crippen LogP contribution in [0.3, 0.4) is 0 Å². The van der Waals surface area contributed by atoms with Gasteiger partial charge >= 0.3 is 0 Å². The van der Waals surface area contributed by atoms with Gasteiger partial charge in [-0.05, 0) is 36.8 Å². The molecule has 33 heavy (non-hydrogen) atoms. The van der Waals surface area contributed by atoms with Crippen molar-refractivity contribution in [2.75, 3.05) is 13.2 Å². The molecule has 3 aromatic rings. The molecule has 0 aliphatic carbocycles. The van der Waals surface area contributed by atoms with Crippen molar-refractivity contribution in [3.63, 3.8) is 0 Å². The second kappa shape index (κ2) is 12.0. The predicted molar refractivity (Wildman–Crippen MR) is 133 cm³/mol. The summed E-state index contributed by atoms with van der Waals surface area (Å²) in [5.41, 5.74) is 2.11. The molecule has 0 aromatic heterocycles. The van der Waals surface area contributed by atoms with E-state index >= 15 is 0 Å². The summed E-state index contributed by atoms with van der Waals surface area (Å²) in [5.74, 6) is 0.344. The Kier molecular flexibility index (Phi) is 8.87. The molecule has 5 heteroatoms. The van der Waals surface area contributed by atoms with E-state index in [0.29, 0.717) is 25.3 Å². The average molecular weight is 447 g/mol. The second-order valence-corrected chi connectivity index (χ2v) is 8.35. The van der Waals surface area contributed by atoms with Gasteiger partial charge in [0.15, 0.2) is 6.61 Å². The van der Waals surface area contributed by atoms with E-state index in [2.05, 4.69) is 12.2 Å². The van der Waals surface area contributed by atoms with Gasteiger partial charge in [-0.2, -0.15) is 0 Å². The Morgan fingerprint density at radius 3 is 2.52 bits per heavy atom. The van der Waals surface area contributed by atoms with Crippen molar-refractivity contribution in [3.8, 4) is 5.75 Å². The molecule has 0 aliphatic heterocycles. The molecule has 0 bridgehead atoms. The average Bonchev–Trinajstić information content (AvgIpc) is 2.82. The number of benzene rings is 3. The molecule has 2 amide bonds. The van der Waals surface area contributed by atoms with Gasteiger partial charge in [-0.15, -0.1) is 0 Å². The highest BCUT2D eigenvalue weighted by molar-refractivity contribution is 5.90. The van der Waals surface area contributed by atoms with Crippen molar-refractivity contribution in [1.82, 2.24) is 10.2 Å². The first-order valence-corrected chi connectivity index (χ1v) is 11.8. The molecule has 3 aromatic carbocycles. The fraction of sp³-hybridized carbons (Fsp3) is 0.357. The van der Waals surface area contributed by atoms with Gasteiger partial charge in [-0.25, -0.2) is 0 Å². The van der Waals surface area contributed by atoms with Crippen molar-refractivity contribution in [3.05, 3.63) is 77.9 Å². The molecule has 0 saturated heterocycles. The van der Waals surface area contributed by atoms with E-state index < -0.39 is 6.04 Å². The number of hydrogen-bond acceptors (Lipinski definition) is 3. The van der Waals surface area contributed by atoms with Crippen LogP contribution in [0.5, 0.6) is 5.75 Å². The van der Waals surface area contributed by atoms with Crippen molar-refractivity contribution in [1.29, 1.82) is 0 Å². The van der Waals surface area contributed by atoms with Crippen LogP contribution >= 0.6 is 0 Å². The minimum atomic E-state index is -0.550. The third-order valence-electron chi connectivity index (χ3n) is 5.75. The van der Waals surface area contributed by atoms with Gasteiger partial charge in [0.05, 0.1) is 0 Å². The van der Waals surface area contributed by atoms with E-state index in [-0.39, 0.29) is 18.4 Å². The number of carbonyl (C=O) groups is 2. The van der Waals surface area contributed by atoms with Gasteiger partial charge in [0.25, 0.3) is 5.91 Å². The number of rotatable bonds is 11. The van der Waals surface area contributed by atoms with E-state index in [0.717, 1.165) is 34.7 Å². The van der Waals surface area contributed by atoms with Crippen LogP contribution in [-0.2, 0) is 16.1 Å². The van der Waals surface area contributed by atoms with Gasteiger partial charge in [0, 0.05) is 18.5 Å². The second-order valence-electron chi connectivity index (χ2n) is 8.35. The minimum absolute atomic E-state index is 0.114. The van der Waals surface area contributed by atoms with Crippen LogP contribution < -0.4 is 10.1 Å². The quantitative estimate of drug-likeness (QED) is 0.409. The fourth-order valence-corrected chi connectivity index (χ4v) is 3.98. The monoisotopic (exact) mass is 446 g/mol. The standard InChI is InChI=1S/C28H34N2O3/c1-4-6-17-29-28(32)25(5-2)30(19-22-12-9-11-21(3)18-22)27(31)20-33-26-16-10-14-23-13-7-8-15-24(23)26/h7-16,18,25H,4-6,17,19-20H2,1-3H3,(H,29,32)/t25-/m0/s1. The van der Waals surface area contributed by atoms with Crippen molar-refractivity contribution in [2.24, 2.45) is 0 Å². The van der Waals surface area contributed by atoms with Crippen molar-refractivity contribution in [2.45, 2.75) is 52.6 Å². The summed E-state index contributed by atoms with van der Waals surface area (Å²) >= 11 is 0. The van der Waals surface area contributed by atoms with Crippen molar-refractivity contribution < 1.29 is 14.3 Å². The maximum Gasteiger partial charge on any atom is 0.261 e. The van der Waals surface area contributed by atoms with E-state index in [1.807, 2.05) is 80.6 Å². The summed E-state index contributed by atoms with van der Waals surface area (Å²) in [5, 5.41) is 5.01. The van der Waals surface area contributed by atoms with E-state index in [9.17, 15) is 9.59 Å². The molecule has 0 saturated carbocycles. The first-order chi connectivity index (χ1) is 16.0. The number of hydrogen-bond donors (Lipinski definition) is 1. The van der Waals surface area contributed by atoms with Gasteiger partial charge in [-0.1, -0.05) is 86.5 Å². The summed E-state index contributed by atoms with van der Waals surface area (Å²) in [6, 6.07) is 21.2. The highest BCUT2D eigenvalue weighted by Gasteiger charge is 2.29. The molecule has 0 aliphatic rings. The van der Waals surface area contributed by atoms with Gasteiger partial charge in [0.2, 0.25) is 5.91 Å². The van der Waals surface area contributed by atoms with Crippen LogP contribution in [0.4, 0.5) is 0 Å². The Morgan fingerprint density at radius 2 is 1.76 bits per heavy atom. The Hall–Kier alpha value is -3.34. The fourth-order valence-electron chi connectivity index (χ4n) is 3.98. The van der Waals surface area contributed by atoms with Crippen LogP contribution in [0.1, 0.15) is 44.2 Å². The summed E-state index contributed by atoms with van der Waals surface area (Å²) in [6.45, 7) is 6.89. The minimum Gasteiger partial charge on any atom is -0.483 e. The van der Waals surface area contributed by atoms with Crippen LogP contribution in [0.25, 0.3) is 10.8 Å². The highest BCUT2D eigenvalue weighted by Crippen LogP contribution is 2.25. The number of carbonyl (C=O) groups excluding carboxylic acids is 2. The van der Waals surface area contributed by atoms with Crippen LogP contribution in [0.15, 0.2) is 66.7 Å². The lowest BCUT2D eigenvalue weighted by molar-refractivity contribution is -0.142. The van der Waals surface area contributed by atoms with Crippen molar-refractivity contribution >= 4 is 22.6 Å². The molecular formula is C28H34N2O3. The molecule has 1 N–H and O–H groups in total. The first kappa shape index (κ1) is 24.3. The largest absolute Gasteiger partial charge is 0.483 e. The highest BCUT2D eigenvalue weighted by atomic mass is 16.5. The molecule has 0 unspecified atom stereocenters. The molecular weight excluding hydrogens is 412 g/mol. The van der Waals surface area contributed by atoms with E-state index in [1.54, 1.807) is 4.90 Å². The van der Waals surface area contributed by atoms with Gasteiger partial charge in [-0.3, -0.25) is 9.59 Å². The predicted octanol–water partition coefficient (Wildman–Crippen LogP) is 5.25. The molecule has 0 radical (unpaired) electrons. The van der Waals surface area contributed by atoms with Gasteiger partial charge in [0.1, 0.15) is 11.8 Å². The maximum absolute atomic E-state index is 13.4. The topological polar surface area (TPSA) is 58.6 Å². The van der Waals surface area contributed by atoms with E-state index in [1.165, 1.54) is 0 Å². The number of fused-ring (bicyclic) bond motifs is 1. The SMILES string of the molecule is CCCCNC(=O)[C@H](CC)N(Cc1cccc(C)c1)C(=O)COc1cccc2ccccc12. The molecule has 174 valence electrons. The Balaban J connectivity index is 1.80. The third-order valence-corrected chi connectivity index (χ3v) is 5.75. The molecule has 0 spiro atoms.